The molecule has 2 N–H and O–H groups in total. The smallest absolute Gasteiger partial charge is 0.231 e. The van der Waals surface area contributed by atoms with E-state index in [-0.39, 0.29) is 11.5 Å². The predicted molar refractivity (Wildman–Crippen MR) is 111 cm³/mol. The van der Waals surface area contributed by atoms with Crippen LogP contribution in [0.3, 0.4) is 0 Å². The van der Waals surface area contributed by atoms with Gasteiger partial charge in [0.05, 0.1) is 11.3 Å². The second kappa shape index (κ2) is 7.02. The molecule has 28 heavy (non-hydrogen) atoms. The van der Waals surface area contributed by atoms with E-state index in [9.17, 15) is 10.2 Å². The lowest BCUT2D eigenvalue weighted by atomic mass is 10.0. The number of aliphatic imine (C=N–C) groups is 1. The summed E-state index contributed by atoms with van der Waals surface area (Å²) in [6, 6.07) is 13.9. The van der Waals surface area contributed by atoms with E-state index >= 15 is 0 Å². The molecule has 6 heteroatoms. The zero-order chi connectivity index (χ0) is 19.8. The maximum absolute atomic E-state index is 10.2. The number of oxazole rings is 1. The van der Waals surface area contributed by atoms with E-state index in [0.29, 0.717) is 38.8 Å². The Labute approximate surface area is 166 Å². The van der Waals surface area contributed by atoms with E-state index in [1.165, 1.54) is 6.07 Å². The van der Waals surface area contributed by atoms with Gasteiger partial charge in [-0.3, -0.25) is 4.99 Å². The van der Waals surface area contributed by atoms with Crippen molar-refractivity contribution in [1.29, 1.82) is 0 Å². The molecule has 1 heterocycles. The van der Waals surface area contributed by atoms with Crippen molar-refractivity contribution in [2.75, 3.05) is 0 Å². The lowest BCUT2D eigenvalue weighted by Crippen LogP contribution is -1.92. The topological polar surface area (TPSA) is 78.9 Å². The molecule has 0 radical (unpaired) electrons. The van der Waals surface area contributed by atoms with Gasteiger partial charge in [0.2, 0.25) is 5.89 Å². The van der Waals surface area contributed by atoms with Crippen molar-refractivity contribution in [2.24, 2.45) is 4.99 Å². The summed E-state index contributed by atoms with van der Waals surface area (Å²) in [5.41, 5.74) is 4.46. The standard InChI is InChI=1S/C22H17ClN2O3/c1-12-9-19(27)16(13(2)21(12)23)11-24-14-7-8-18(26)15(10-14)22-25-17-5-3-4-6-20(17)28-22/h3-11,26-27H,1-2H3. The fourth-order valence-corrected chi connectivity index (χ4v) is 3.17. The van der Waals surface area contributed by atoms with Crippen molar-refractivity contribution in [3.05, 3.63) is 70.2 Å². The van der Waals surface area contributed by atoms with Gasteiger partial charge in [-0.2, -0.15) is 0 Å². The molecule has 140 valence electrons. The van der Waals surface area contributed by atoms with E-state index < -0.39 is 0 Å². The summed E-state index contributed by atoms with van der Waals surface area (Å²) in [7, 11) is 0. The molecule has 0 saturated carbocycles. The third-order valence-electron chi connectivity index (χ3n) is 4.56. The molecule has 5 nitrogen and oxygen atoms in total. The van der Waals surface area contributed by atoms with Gasteiger partial charge in [0.15, 0.2) is 5.58 Å². The second-order valence-electron chi connectivity index (χ2n) is 6.51. The molecule has 4 rings (SSSR count). The molecule has 0 spiro atoms. The number of para-hydroxylation sites is 2. The molecule has 0 amide bonds. The molecule has 0 aliphatic rings. The Kier molecular flexibility index (Phi) is 4.53. The van der Waals surface area contributed by atoms with Crippen LogP contribution in [0.4, 0.5) is 5.69 Å². The van der Waals surface area contributed by atoms with Crippen molar-refractivity contribution >= 4 is 34.6 Å². The normalized spacial score (nSPS) is 11.5. The van der Waals surface area contributed by atoms with Crippen LogP contribution in [-0.2, 0) is 0 Å². The SMILES string of the molecule is Cc1cc(O)c(C=Nc2ccc(O)c(-c3nc4ccccc4o3)c2)c(C)c1Cl. The van der Waals surface area contributed by atoms with E-state index in [0.717, 1.165) is 11.1 Å². The number of hydrogen-bond donors (Lipinski definition) is 2. The zero-order valence-electron chi connectivity index (χ0n) is 15.3. The van der Waals surface area contributed by atoms with Gasteiger partial charge in [0.1, 0.15) is 17.0 Å². The molecular weight excluding hydrogens is 376 g/mol. The average Bonchev–Trinajstić information content (AvgIpc) is 3.11. The number of rotatable bonds is 3. The van der Waals surface area contributed by atoms with Crippen LogP contribution in [0.25, 0.3) is 22.6 Å². The quantitative estimate of drug-likeness (QED) is 0.424. The molecule has 0 unspecified atom stereocenters. The van der Waals surface area contributed by atoms with Crippen LogP contribution in [-0.4, -0.2) is 21.4 Å². The summed E-state index contributed by atoms with van der Waals surface area (Å²) in [6.07, 6.45) is 1.55. The van der Waals surface area contributed by atoms with Gasteiger partial charge in [-0.15, -0.1) is 0 Å². The Bertz CT molecular complexity index is 1200. The summed E-state index contributed by atoms with van der Waals surface area (Å²) in [6.45, 7) is 3.67. The molecule has 0 bridgehead atoms. The van der Waals surface area contributed by atoms with Gasteiger partial charge in [-0.1, -0.05) is 23.7 Å². The minimum atomic E-state index is 0.0444. The van der Waals surface area contributed by atoms with Gasteiger partial charge >= 0.3 is 0 Å². The first-order chi connectivity index (χ1) is 13.4. The molecule has 0 saturated heterocycles. The largest absolute Gasteiger partial charge is 0.507 e. The van der Waals surface area contributed by atoms with Crippen LogP contribution in [0.15, 0.2) is 57.9 Å². The predicted octanol–water partition coefficient (Wildman–Crippen LogP) is 5.93. The second-order valence-corrected chi connectivity index (χ2v) is 6.89. The summed E-state index contributed by atoms with van der Waals surface area (Å²) in [5, 5.41) is 21.1. The van der Waals surface area contributed by atoms with E-state index in [4.69, 9.17) is 16.0 Å². The Hall–Kier alpha value is -3.31. The van der Waals surface area contributed by atoms with E-state index in [1.54, 1.807) is 24.4 Å². The van der Waals surface area contributed by atoms with Crippen molar-refractivity contribution in [1.82, 2.24) is 4.98 Å². The number of halogens is 1. The number of benzene rings is 3. The lowest BCUT2D eigenvalue weighted by molar-refractivity contribution is 0.473. The van der Waals surface area contributed by atoms with E-state index in [2.05, 4.69) is 9.98 Å². The van der Waals surface area contributed by atoms with Crippen LogP contribution < -0.4 is 0 Å². The highest BCUT2D eigenvalue weighted by Crippen LogP contribution is 2.35. The molecule has 0 aliphatic carbocycles. The summed E-state index contributed by atoms with van der Waals surface area (Å²) < 4.78 is 5.74. The zero-order valence-corrected chi connectivity index (χ0v) is 16.0. The number of aryl methyl sites for hydroxylation is 1. The van der Waals surface area contributed by atoms with Crippen molar-refractivity contribution in [2.45, 2.75) is 13.8 Å². The fourth-order valence-electron chi connectivity index (χ4n) is 3.02. The van der Waals surface area contributed by atoms with Crippen LogP contribution in [0.1, 0.15) is 16.7 Å². The van der Waals surface area contributed by atoms with Crippen molar-refractivity contribution in [3.63, 3.8) is 0 Å². The van der Waals surface area contributed by atoms with Crippen molar-refractivity contribution in [3.8, 4) is 23.0 Å². The molecular formula is C22H17ClN2O3. The van der Waals surface area contributed by atoms with Gasteiger partial charge in [-0.25, -0.2) is 4.98 Å². The van der Waals surface area contributed by atoms with Gasteiger partial charge in [-0.05, 0) is 61.4 Å². The first kappa shape index (κ1) is 18.1. The van der Waals surface area contributed by atoms with Gasteiger partial charge in [0, 0.05) is 16.8 Å². The molecule has 1 aromatic heterocycles. The van der Waals surface area contributed by atoms with Crippen LogP contribution in [0.5, 0.6) is 11.5 Å². The number of aromatic hydroxyl groups is 2. The van der Waals surface area contributed by atoms with E-state index in [1.807, 2.05) is 38.1 Å². The van der Waals surface area contributed by atoms with Crippen LogP contribution >= 0.6 is 11.6 Å². The van der Waals surface area contributed by atoms with Crippen LogP contribution in [0, 0.1) is 13.8 Å². The van der Waals surface area contributed by atoms with Gasteiger partial charge in [0.25, 0.3) is 0 Å². The van der Waals surface area contributed by atoms with Crippen molar-refractivity contribution < 1.29 is 14.6 Å². The van der Waals surface area contributed by atoms with Crippen LogP contribution in [0.2, 0.25) is 5.02 Å². The highest BCUT2D eigenvalue weighted by atomic mass is 35.5. The number of hydrogen-bond acceptors (Lipinski definition) is 5. The number of nitrogens with zero attached hydrogens (tertiary/aromatic N) is 2. The Balaban J connectivity index is 1.74. The minimum absolute atomic E-state index is 0.0444. The summed E-state index contributed by atoms with van der Waals surface area (Å²) >= 11 is 6.27. The lowest BCUT2D eigenvalue weighted by Gasteiger charge is -2.09. The maximum atomic E-state index is 10.2. The monoisotopic (exact) mass is 392 g/mol. The molecule has 4 aromatic rings. The first-order valence-corrected chi connectivity index (χ1v) is 9.03. The Morgan fingerprint density at radius 1 is 1.04 bits per heavy atom. The third kappa shape index (κ3) is 3.21. The fraction of sp³-hybridized carbons (Fsp3) is 0.0909. The highest BCUT2D eigenvalue weighted by molar-refractivity contribution is 6.32. The third-order valence-corrected chi connectivity index (χ3v) is 5.14. The first-order valence-electron chi connectivity index (χ1n) is 8.65. The maximum Gasteiger partial charge on any atom is 0.231 e. The number of phenols is 2. The molecule has 0 fully saturated rings. The summed E-state index contributed by atoms with van der Waals surface area (Å²) in [4.78, 5) is 8.84. The molecule has 0 atom stereocenters. The highest BCUT2D eigenvalue weighted by Gasteiger charge is 2.13. The number of aromatic nitrogens is 1. The Morgan fingerprint density at radius 3 is 2.61 bits per heavy atom. The Morgan fingerprint density at radius 2 is 1.82 bits per heavy atom. The number of phenolic OH excluding ortho intramolecular Hbond substituents is 2. The average molecular weight is 393 g/mol. The molecule has 0 aliphatic heterocycles. The minimum Gasteiger partial charge on any atom is -0.507 e. The van der Waals surface area contributed by atoms with Gasteiger partial charge < -0.3 is 14.6 Å². The summed E-state index contributed by atoms with van der Waals surface area (Å²) in [5.74, 6) is 0.470. The molecule has 3 aromatic carbocycles. The number of fused-ring (bicyclic) bond motifs is 1.